The second-order valence-corrected chi connectivity index (χ2v) is 5.99. The molecule has 2 rings (SSSR count). The maximum Gasteiger partial charge on any atom is 0.394 e. The van der Waals surface area contributed by atoms with Gasteiger partial charge in [0.2, 0.25) is 5.91 Å². The molecule has 0 atom stereocenters. The molecular weight excluding hydrogens is 374 g/mol. The van der Waals surface area contributed by atoms with E-state index in [4.69, 9.17) is 22.3 Å². The molecule has 144 valence electrons. The highest BCUT2D eigenvalue weighted by Crippen LogP contribution is 2.21. The van der Waals surface area contributed by atoms with Crippen LogP contribution in [0.1, 0.15) is 21.5 Å². The number of rotatable bonds is 6. The molecule has 0 aliphatic rings. The van der Waals surface area contributed by atoms with Crippen molar-refractivity contribution in [1.29, 1.82) is 0 Å². The van der Waals surface area contributed by atoms with Gasteiger partial charge in [0, 0.05) is 23.2 Å². The smallest absolute Gasteiger partial charge is 0.394 e. The molecule has 0 spiro atoms. The number of carbonyl (C=O) groups is 2. The van der Waals surface area contributed by atoms with Gasteiger partial charge in [-0.15, -0.1) is 0 Å². The van der Waals surface area contributed by atoms with Crippen LogP contribution in [0.4, 0.5) is 0 Å². The maximum absolute atomic E-state index is 12.4. The highest BCUT2D eigenvalue weighted by molar-refractivity contribution is 7.79. The average Bonchev–Trinajstić information content (AvgIpc) is 2.64. The van der Waals surface area contributed by atoms with E-state index in [1.807, 2.05) is 18.2 Å². The summed E-state index contributed by atoms with van der Waals surface area (Å²) < 4.78 is 36.8. The monoisotopic (exact) mass is 393 g/mol. The highest BCUT2D eigenvalue weighted by atomic mass is 32.3. The third-order valence-electron chi connectivity index (χ3n) is 3.22. The second-order valence-electron chi connectivity index (χ2n) is 5.09. The van der Waals surface area contributed by atoms with Crippen LogP contribution in [0.5, 0.6) is 5.75 Å². The Morgan fingerprint density at radius 2 is 1.70 bits per heavy atom. The molecule has 8 nitrogen and oxygen atoms in total. The van der Waals surface area contributed by atoms with Crippen molar-refractivity contribution >= 4 is 22.1 Å². The zero-order valence-electron chi connectivity index (χ0n) is 14.5. The van der Waals surface area contributed by atoms with Gasteiger partial charge in [-0.3, -0.25) is 18.7 Å². The fourth-order valence-electron chi connectivity index (χ4n) is 2.07. The number of methoxy groups -OCH3 is 1. The first-order valence-corrected chi connectivity index (χ1v) is 8.92. The zero-order chi connectivity index (χ0) is 20.4. The molecule has 0 fully saturated rings. The van der Waals surface area contributed by atoms with Crippen LogP contribution in [0.15, 0.2) is 61.2 Å². The molecule has 0 heterocycles. The summed E-state index contributed by atoms with van der Waals surface area (Å²) in [5, 5.41) is 2.68. The quantitative estimate of drug-likeness (QED) is 0.389. The van der Waals surface area contributed by atoms with Crippen molar-refractivity contribution in [3.63, 3.8) is 0 Å². The van der Waals surface area contributed by atoms with Crippen molar-refractivity contribution in [3.05, 3.63) is 77.9 Å². The molecule has 0 saturated heterocycles. The van der Waals surface area contributed by atoms with Crippen molar-refractivity contribution in [1.82, 2.24) is 5.32 Å². The van der Waals surface area contributed by atoms with Gasteiger partial charge in [0.1, 0.15) is 5.75 Å². The number of amides is 1. The average molecular weight is 393 g/mol. The minimum Gasteiger partial charge on any atom is -0.496 e. The van der Waals surface area contributed by atoms with Crippen molar-refractivity contribution < 1.29 is 31.8 Å². The molecule has 0 aliphatic carbocycles. The Kier molecular flexibility index (Phi) is 8.34. The lowest BCUT2D eigenvalue weighted by atomic mass is 10.0. The summed E-state index contributed by atoms with van der Waals surface area (Å²) in [7, 11) is -3.12. The van der Waals surface area contributed by atoms with Gasteiger partial charge in [0.25, 0.3) is 0 Å². The lowest BCUT2D eigenvalue weighted by molar-refractivity contribution is -0.116. The van der Waals surface area contributed by atoms with Gasteiger partial charge in [-0.25, -0.2) is 0 Å². The van der Waals surface area contributed by atoms with E-state index in [2.05, 4.69) is 11.9 Å². The van der Waals surface area contributed by atoms with Crippen molar-refractivity contribution in [2.45, 2.75) is 6.54 Å². The molecule has 2 aromatic carbocycles. The molecule has 0 saturated carbocycles. The van der Waals surface area contributed by atoms with Crippen LogP contribution in [0.25, 0.3) is 0 Å². The molecule has 0 aliphatic heterocycles. The van der Waals surface area contributed by atoms with Crippen LogP contribution in [-0.2, 0) is 21.7 Å². The van der Waals surface area contributed by atoms with E-state index in [1.165, 1.54) is 6.08 Å². The molecule has 0 unspecified atom stereocenters. The Morgan fingerprint density at radius 3 is 2.22 bits per heavy atom. The normalized spacial score (nSPS) is 10.2. The Balaban J connectivity index is 0.000000646. The molecule has 0 aromatic heterocycles. The molecular formula is C18H19NO7S. The van der Waals surface area contributed by atoms with Crippen molar-refractivity contribution in [2.24, 2.45) is 0 Å². The number of hydrogen-bond donors (Lipinski definition) is 3. The summed E-state index contributed by atoms with van der Waals surface area (Å²) >= 11 is 0. The van der Waals surface area contributed by atoms with E-state index in [9.17, 15) is 9.59 Å². The van der Waals surface area contributed by atoms with Gasteiger partial charge < -0.3 is 10.1 Å². The Morgan fingerprint density at radius 1 is 1.11 bits per heavy atom. The lowest BCUT2D eigenvalue weighted by Gasteiger charge is -2.11. The van der Waals surface area contributed by atoms with E-state index in [1.54, 1.807) is 37.4 Å². The fourth-order valence-corrected chi connectivity index (χ4v) is 2.07. The van der Waals surface area contributed by atoms with E-state index in [0.29, 0.717) is 16.9 Å². The van der Waals surface area contributed by atoms with Gasteiger partial charge in [-0.2, -0.15) is 8.42 Å². The topological polar surface area (TPSA) is 130 Å². The summed E-state index contributed by atoms with van der Waals surface area (Å²) in [6, 6.07) is 14.2. The molecule has 1 amide bonds. The van der Waals surface area contributed by atoms with Crippen LogP contribution < -0.4 is 10.1 Å². The first-order valence-electron chi connectivity index (χ1n) is 7.52. The number of ether oxygens (including phenoxy) is 1. The van der Waals surface area contributed by atoms with Crippen LogP contribution in [0, 0.1) is 0 Å². The largest absolute Gasteiger partial charge is 0.496 e. The summed E-state index contributed by atoms with van der Waals surface area (Å²) in [6.45, 7) is 3.67. The molecule has 9 heteroatoms. The number of hydrogen-bond acceptors (Lipinski definition) is 5. The molecule has 0 radical (unpaired) electrons. The fraction of sp³-hybridized carbons (Fsp3) is 0.111. The van der Waals surface area contributed by atoms with E-state index in [-0.39, 0.29) is 18.2 Å². The number of nitrogens with one attached hydrogen (secondary N) is 1. The van der Waals surface area contributed by atoms with Crippen LogP contribution in [-0.4, -0.2) is 36.3 Å². The molecule has 3 N–H and O–H groups in total. The minimum absolute atomic E-state index is 0.0699. The third kappa shape index (κ3) is 8.27. The summed E-state index contributed by atoms with van der Waals surface area (Å²) in [4.78, 5) is 23.7. The second kappa shape index (κ2) is 10.2. The van der Waals surface area contributed by atoms with Crippen LogP contribution in [0.2, 0.25) is 0 Å². The Hall–Kier alpha value is -3.01. The Bertz CT molecular complexity index is 901. The molecule has 2 aromatic rings. The van der Waals surface area contributed by atoms with Gasteiger partial charge in [0.15, 0.2) is 5.78 Å². The van der Waals surface area contributed by atoms with E-state index >= 15 is 0 Å². The summed E-state index contributed by atoms with van der Waals surface area (Å²) in [5.41, 5.74) is 1.91. The third-order valence-corrected chi connectivity index (χ3v) is 3.22. The zero-order valence-corrected chi connectivity index (χ0v) is 15.3. The van der Waals surface area contributed by atoms with Crippen molar-refractivity contribution in [3.8, 4) is 5.75 Å². The predicted molar refractivity (Wildman–Crippen MR) is 99.1 cm³/mol. The minimum atomic E-state index is -4.67. The molecule has 0 bridgehead atoms. The standard InChI is InChI=1S/C18H17NO3.H2O4S/c1-3-17(20)19-12-15-11-14(9-10-16(15)22-2)18(21)13-7-5-4-6-8-13;1-5(2,3)4/h3-11H,1,12H2,2H3,(H,19,20);(H2,1,2,3,4). The van der Waals surface area contributed by atoms with Gasteiger partial charge >= 0.3 is 10.4 Å². The van der Waals surface area contributed by atoms with Crippen LogP contribution in [0.3, 0.4) is 0 Å². The van der Waals surface area contributed by atoms with Gasteiger partial charge in [0.05, 0.1) is 7.11 Å². The molecule has 27 heavy (non-hydrogen) atoms. The van der Waals surface area contributed by atoms with Gasteiger partial charge in [-0.05, 0) is 24.3 Å². The highest BCUT2D eigenvalue weighted by Gasteiger charge is 2.12. The number of carbonyl (C=O) groups excluding carboxylic acids is 2. The number of ketones is 1. The predicted octanol–water partition coefficient (Wildman–Crippen LogP) is 2.08. The van der Waals surface area contributed by atoms with Gasteiger partial charge in [-0.1, -0.05) is 36.9 Å². The summed E-state index contributed by atoms with van der Waals surface area (Å²) in [6.07, 6.45) is 1.20. The Labute approximate surface area is 157 Å². The lowest BCUT2D eigenvalue weighted by Crippen LogP contribution is -2.20. The first kappa shape index (κ1) is 22.0. The SMILES string of the molecule is C=CC(=O)NCc1cc(C(=O)c2ccccc2)ccc1OC.O=S(=O)(O)O. The first-order chi connectivity index (χ1) is 12.7. The van der Waals surface area contributed by atoms with Crippen LogP contribution >= 0.6 is 0 Å². The summed E-state index contributed by atoms with van der Waals surface area (Å²) in [5.74, 6) is 0.273. The number of benzene rings is 2. The maximum atomic E-state index is 12.4. The van der Waals surface area contributed by atoms with E-state index in [0.717, 1.165) is 5.56 Å². The van der Waals surface area contributed by atoms with Crippen molar-refractivity contribution in [2.75, 3.05) is 7.11 Å². The van der Waals surface area contributed by atoms with E-state index < -0.39 is 10.4 Å².